The molecule has 0 aromatic rings. The Bertz CT molecular complexity index is 254. The first-order valence-electron chi connectivity index (χ1n) is 7.51. The Hall–Kier alpha value is -1.06. The first-order chi connectivity index (χ1) is 9.07. The minimum atomic E-state index is -1.21. The monoisotopic (exact) mass is 270 g/mol. The van der Waals surface area contributed by atoms with Gasteiger partial charge >= 0.3 is 0 Å². The number of carbonyl (C=O) groups excluding carboxylic acids is 2. The lowest BCUT2D eigenvalue weighted by Gasteiger charge is -2.17. The maximum absolute atomic E-state index is 11.5. The van der Waals surface area contributed by atoms with Crippen LogP contribution in [0.5, 0.6) is 0 Å². The SMILES string of the molecule is CCCCCCCCCCCC(=O)N(C)CC(=O)[O-]. The molecule has 19 heavy (non-hydrogen) atoms. The van der Waals surface area contributed by atoms with Crippen molar-refractivity contribution in [1.29, 1.82) is 0 Å². The van der Waals surface area contributed by atoms with Crippen LogP contribution in [0.4, 0.5) is 0 Å². The Labute approximate surface area is 117 Å². The molecule has 0 aliphatic rings. The first-order valence-corrected chi connectivity index (χ1v) is 7.51. The summed E-state index contributed by atoms with van der Waals surface area (Å²) in [5.74, 6) is -1.31. The molecule has 0 heterocycles. The van der Waals surface area contributed by atoms with Crippen LogP contribution in [0.1, 0.15) is 71.1 Å². The van der Waals surface area contributed by atoms with Crippen molar-refractivity contribution in [3.05, 3.63) is 0 Å². The van der Waals surface area contributed by atoms with Gasteiger partial charge < -0.3 is 14.8 Å². The van der Waals surface area contributed by atoms with Crippen molar-refractivity contribution in [3.63, 3.8) is 0 Å². The third-order valence-corrected chi connectivity index (χ3v) is 3.29. The smallest absolute Gasteiger partial charge is 0.222 e. The molecule has 0 bridgehead atoms. The highest BCUT2D eigenvalue weighted by molar-refractivity contribution is 5.80. The lowest BCUT2D eigenvalue weighted by molar-refractivity contribution is -0.305. The van der Waals surface area contributed by atoms with Gasteiger partial charge in [0.1, 0.15) is 0 Å². The van der Waals surface area contributed by atoms with E-state index in [4.69, 9.17) is 0 Å². The van der Waals surface area contributed by atoms with Crippen LogP contribution in [0.3, 0.4) is 0 Å². The summed E-state index contributed by atoms with van der Waals surface area (Å²) >= 11 is 0. The lowest BCUT2D eigenvalue weighted by atomic mass is 10.1. The molecule has 0 aromatic carbocycles. The highest BCUT2D eigenvalue weighted by Crippen LogP contribution is 2.10. The summed E-state index contributed by atoms with van der Waals surface area (Å²) in [6, 6.07) is 0. The molecule has 0 aromatic heterocycles. The summed E-state index contributed by atoms with van der Waals surface area (Å²) in [6.07, 6.45) is 11.3. The zero-order chi connectivity index (χ0) is 14.5. The normalized spacial score (nSPS) is 10.4. The fourth-order valence-corrected chi connectivity index (χ4v) is 2.06. The Morgan fingerprint density at radius 2 is 1.37 bits per heavy atom. The molecular formula is C15H28NO3-. The van der Waals surface area contributed by atoms with Crippen molar-refractivity contribution in [3.8, 4) is 0 Å². The van der Waals surface area contributed by atoms with Gasteiger partial charge in [0.05, 0.1) is 12.5 Å². The van der Waals surface area contributed by atoms with E-state index >= 15 is 0 Å². The van der Waals surface area contributed by atoms with E-state index in [-0.39, 0.29) is 12.5 Å². The molecule has 0 saturated carbocycles. The number of carbonyl (C=O) groups is 2. The zero-order valence-corrected chi connectivity index (χ0v) is 12.5. The van der Waals surface area contributed by atoms with Gasteiger partial charge in [0.15, 0.2) is 0 Å². The molecule has 112 valence electrons. The maximum atomic E-state index is 11.5. The Morgan fingerprint density at radius 1 is 0.895 bits per heavy atom. The summed E-state index contributed by atoms with van der Waals surface area (Å²) in [5.41, 5.74) is 0. The van der Waals surface area contributed by atoms with E-state index in [9.17, 15) is 14.7 Å². The number of hydrogen-bond acceptors (Lipinski definition) is 3. The molecule has 4 nitrogen and oxygen atoms in total. The van der Waals surface area contributed by atoms with Crippen LogP contribution in [0.2, 0.25) is 0 Å². The van der Waals surface area contributed by atoms with Gasteiger partial charge in [-0.2, -0.15) is 0 Å². The molecule has 0 rings (SSSR count). The van der Waals surface area contributed by atoms with Crippen LogP contribution >= 0.6 is 0 Å². The fourth-order valence-electron chi connectivity index (χ4n) is 2.06. The average molecular weight is 270 g/mol. The van der Waals surface area contributed by atoms with Gasteiger partial charge in [0, 0.05) is 13.5 Å². The molecule has 1 amide bonds. The number of likely N-dealkylation sites (N-methyl/N-ethyl adjacent to an activating group) is 1. The van der Waals surface area contributed by atoms with Gasteiger partial charge in [0.25, 0.3) is 0 Å². The lowest BCUT2D eigenvalue weighted by Crippen LogP contribution is -2.39. The molecule has 0 unspecified atom stereocenters. The van der Waals surface area contributed by atoms with E-state index in [1.807, 2.05) is 0 Å². The van der Waals surface area contributed by atoms with Crippen molar-refractivity contribution >= 4 is 11.9 Å². The highest BCUT2D eigenvalue weighted by atomic mass is 16.4. The Balaban J connectivity index is 3.34. The Morgan fingerprint density at radius 3 is 1.84 bits per heavy atom. The number of hydrogen-bond donors (Lipinski definition) is 0. The Kier molecular flexibility index (Phi) is 11.3. The molecule has 0 spiro atoms. The molecule has 0 aliphatic carbocycles. The van der Waals surface area contributed by atoms with Crippen molar-refractivity contribution in [1.82, 2.24) is 4.90 Å². The fraction of sp³-hybridized carbons (Fsp3) is 0.867. The predicted molar refractivity (Wildman–Crippen MR) is 74.5 cm³/mol. The topological polar surface area (TPSA) is 60.4 Å². The number of carboxylic acid groups (broad SMARTS) is 1. The molecule has 0 saturated heterocycles. The van der Waals surface area contributed by atoms with Gasteiger partial charge in [0.2, 0.25) is 5.91 Å². The number of aliphatic carboxylic acids is 1. The predicted octanol–water partition coefficient (Wildman–Crippen LogP) is 2.12. The third kappa shape index (κ3) is 11.7. The molecule has 0 atom stereocenters. The minimum absolute atomic E-state index is 0.104. The van der Waals surface area contributed by atoms with Gasteiger partial charge in [-0.05, 0) is 6.42 Å². The van der Waals surface area contributed by atoms with Crippen molar-refractivity contribution in [2.75, 3.05) is 13.6 Å². The van der Waals surface area contributed by atoms with Crippen LogP contribution in [0.15, 0.2) is 0 Å². The van der Waals surface area contributed by atoms with Crippen LogP contribution in [-0.4, -0.2) is 30.4 Å². The molecule has 0 radical (unpaired) electrons. The summed E-state index contributed by atoms with van der Waals surface area (Å²) in [7, 11) is 1.51. The summed E-state index contributed by atoms with van der Waals surface area (Å²) in [4.78, 5) is 23.1. The molecular weight excluding hydrogens is 242 g/mol. The van der Waals surface area contributed by atoms with Crippen LogP contribution < -0.4 is 5.11 Å². The van der Waals surface area contributed by atoms with E-state index in [1.165, 1.54) is 56.9 Å². The summed E-state index contributed by atoms with van der Waals surface area (Å²) in [6.45, 7) is 1.91. The molecule has 0 aliphatic heterocycles. The van der Waals surface area contributed by atoms with Gasteiger partial charge in [-0.1, -0.05) is 58.3 Å². The molecule has 4 heteroatoms. The van der Waals surface area contributed by atoms with Crippen LogP contribution in [0.25, 0.3) is 0 Å². The first kappa shape index (κ1) is 17.9. The van der Waals surface area contributed by atoms with Crippen molar-refractivity contribution in [2.45, 2.75) is 71.1 Å². The highest BCUT2D eigenvalue weighted by Gasteiger charge is 2.07. The largest absolute Gasteiger partial charge is 0.548 e. The second-order valence-corrected chi connectivity index (χ2v) is 5.20. The van der Waals surface area contributed by atoms with Crippen molar-refractivity contribution in [2.24, 2.45) is 0 Å². The number of amides is 1. The maximum Gasteiger partial charge on any atom is 0.222 e. The van der Waals surface area contributed by atoms with E-state index in [0.29, 0.717) is 6.42 Å². The van der Waals surface area contributed by atoms with Gasteiger partial charge in [-0.15, -0.1) is 0 Å². The summed E-state index contributed by atoms with van der Waals surface area (Å²) < 4.78 is 0. The quantitative estimate of drug-likeness (QED) is 0.510. The number of rotatable bonds is 12. The standard InChI is InChI=1S/C15H29NO3/c1-3-4-5-6-7-8-9-10-11-12-14(17)16(2)13-15(18)19/h3-13H2,1-2H3,(H,18,19)/p-1. The number of nitrogens with zero attached hydrogens (tertiary/aromatic N) is 1. The second kappa shape index (κ2) is 12.0. The van der Waals surface area contributed by atoms with Crippen molar-refractivity contribution < 1.29 is 14.7 Å². The van der Waals surface area contributed by atoms with Gasteiger partial charge in [-0.25, -0.2) is 0 Å². The molecule has 0 N–H and O–H groups in total. The van der Waals surface area contributed by atoms with Gasteiger partial charge in [-0.3, -0.25) is 4.79 Å². The van der Waals surface area contributed by atoms with E-state index in [2.05, 4.69) is 6.92 Å². The van der Waals surface area contributed by atoms with E-state index < -0.39 is 5.97 Å². The number of unbranched alkanes of at least 4 members (excludes halogenated alkanes) is 8. The molecule has 0 fully saturated rings. The van der Waals surface area contributed by atoms with Crippen LogP contribution in [-0.2, 0) is 9.59 Å². The summed E-state index contributed by atoms with van der Waals surface area (Å²) in [5, 5.41) is 10.3. The second-order valence-electron chi connectivity index (χ2n) is 5.20. The number of carboxylic acids is 1. The van der Waals surface area contributed by atoms with E-state index in [1.54, 1.807) is 0 Å². The minimum Gasteiger partial charge on any atom is -0.548 e. The average Bonchev–Trinajstić information content (AvgIpc) is 2.35. The third-order valence-electron chi connectivity index (χ3n) is 3.29. The van der Waals surface area contributed by atoms with Crippen LogP contribution in [0, 0.1) is 0 Å². The zero-order valence-electron chi connectivity index (χ0n) is 12.5. The van der Waals surface area contributed by atoms with E-state index in [0.717, 1.165) is 12.8 Å².